The predicted molar refractivity (Wildman–Crippen MR) is 115 cm³/mol. The van der Waals surface area contributed by atoms with Gasteiger partial charge in [-0.15, -0.1) is 0 Å². The highest BCUT2D eigenvalue weighted by Crippen LogP contribution is 2.35. The zero-order valence-corrected chi connectivity index (χ0v) is 17.4. The van der Waals surface area contributed by atoms with Crippen LogP contribution in [-0.4, -0.2) is 46.8 Å². The number of nitrogens with zero attached hydrogens (tertiary/aromatic N) is 4. The van der Waals surface area contributed by atoms with Crippen molar-refractivity contribution in [3.63, 3.8) is 0 Å². The van der Waals surface area contributed by atoms with Crippen molar-refractivity contribution in [3.8, 4) is 28.1 Å². The fourth-order valence-electron chi connectivity index (χ4n) is 3.76. The Morgan fingerprint density at radius 2 is 2.00 bits per heavy atom. The highest BCUT2D eigenvalue weighted by Gasteiger charge is 2.25. The Hall–Kier alpha value is -3.77. The largest absolute Gasteiger partial charge is 0.494 e. The molecule has 1 aliphatic heterocycles. The number of aromatic nitrogens is 2. The Balaban J connectivity index is 1.75. The average molecular weight is 437 g/mol. The fourth-order valence-corrected chi connectivity index (χ4v) is 3.76. The first-order valence-corrected chi connectivity index (χ1v) is 10.0. The van der Waals surface area contributed by atoms with Gasteiger partial charge >= 0.3 is 0 Å². The van der Waals surface area contributed by atoms with Crippen molar-refractivity contribution in [1.82, 2.24) is 14.7 Å². The second-order valence-electron chi connectivity index (χ2n) is 7.60. The van der Waals surface area contributed by atoms with Gasteiger partial charge in [0.15, 0.2) is 11.6 Å². The molecule has 1 saturated heterocycles. The maximum Gasteiger partial charge on any atom is 0.244 e. The number of carbonyl (C=O) groups excluding carboxylic acids is 1. The van der Waals surface area contributed by atoms with E-state index in [1.807, 2.05) is 0 Å². The number of hydrogen-bond acceptors (Lipinski definition) is 4. The first-order chi connectivity index (χ1) is 15.4. The van der Waals surface area contributed by atoms with Gasteiger partial charge in [0, 0.05) is 36.5 Å². The van der Waals surface area contributed by atoms with Gasteiger partial charge in [-0.1, -0.05) is 18.2 Å². The van der Waals surface area contributed by atoms with Crippen molar-refractivity contribution in [2.75, 3.05) is 20.2 Å². The van der Waals surface area contributed by atoms with Crippen molar-refractivity contribution < 1.29 is 18.3 Å². The van der Waals surface area contributed by atoms with Crippen LogP contribution in [0.5, 0.6) is 5.75 Å². The summed E-state index contributed by atoms with van der Waals surface area (Å²) in [4.78, 5) is 17.5. The molecule has 4 rings (SSSR count). The van der Waals surface area contributed by atoms with Crippen LogP contribution in [0.15, 0.2) is 42.6 Å². The number of ether oxygens (including phenoxy) is 1. The molecule has 32 heavy (non-hydrogen) atoms. The van der Waals surface area contributed by atoms with Gasteiger partial charge in [-0.3, -0.25) is 9.48 Å². The SMILES string of the molecule is [C-]#[N+]c1ccc(-c2nn(CC(=O)N3CC[C@H](N)C3)cc2-c2ccc(OC)c(F)c2)cc1F. The van der Waals surface area contributed by atoms with Crippen molar-refractivity contribution in [3.05, 3.63) is 65.6 Å². The Kier molecular flexibility index (Phi) is 5.88. The molecule has 1 atom stereocenters. The molecule has 2 aromatic carbocycles. The Morgan fingerprint density at radius 1 is 1.25 bits per heavy atom. The molecule has 7 nitrogen and oxygen atoms in total. The van der Waals surface area contributed by atoms with Crippen molar-refractivity contribution in [1.29, 1.82) is 0 Å². The number of amides is 1. The van der Waals surface area contributed by atoms with Crippen LogP contribution in [0.2, 0.25) is 0 Å². The summed E-state index contributed by atoms with van der Waals surface area (Å²) in [6.07, 6.45) is 2.38. The van der Waals surface area contributed by atoms with Crippen LogP contribution in [0.1, 0.15) is 6.42 Å². The third-order valence-corrected chi connectivity index (χ3v) is 5.44. The van der Waals surface area contributed by atoms with Crippen molar-refractivity contribution in [2.24, 2.45) is 5.73 Å². The summed E-state index contributed by atoms with van der Waals surface area (Å²) < 4.78 is 35.1. The van der Waals surface area contributed by atoms with Crippen LogP contribution in [0.25, 0.3) is 27.2 Å². The van der Waals surface area contributed by atoms with Gasteiger partial charge in [0.05, 0.1) is 13.7 Å². The van der Waals surface area contributed by atoms with Gasteiger partial charge in [-0.2, -0.15) is 5.10 Å². The number of hydrogen-bond donors (Lipinski definition) is 1. The van der Waals surface area contributed by atoms with Gasteiger partial charge in [0.1, 0.15) is 18.1 Å². The predicted octanol–water partition coefficient (Wildman–Crippen LogP) is 3.61. The van der Waals surface area contributed by atoms with Crippen LogP contribution in [0.4, 0.5) is 14.5 Å². The third kappa shape index (κ3) is 4.18. The van der Waals surface area contributed by atoms with Crippen LogP contribution in [0.3, 0.4) is 0 Å². The molecule has 9 heteroatoms. The van der Waals surface area contributed by atoms with E-state index in [0.717, 1.165) is 6.42 Å². The fraction of sp³-hybridized carbons (Fsp3) is 0.261. The number of carbonyl (C=O) groups is 1. The minimum absolute atomic E-state index is 0.0268. The highest BCUT2D eigenvalue weighted by molar-refractivity contribution is 5.82. The molecule has 1 fully saturated rings. The first kappa shape index (κ1) is 21.5. The molecule has 1 aromatic heterocycles. The molecule has 1 amide bonds. The zero-order chi connectivity index (χ0) is 22.8. The Morgan fingerprint density at radius 3 is 2.62 bits per heavy atom. The van der Waals surface area contributed by atoms with E-state index in [9.17, 15) is 13.6 Å². The molecule has 0 unspecified atom stereocenters. The van der Waals surface area contributed by atoms with Gasteiger partial charge in [0.2, 0.25) is 11.6 Å². The first-order valence-electron chi connectivity index (χ1n) is 10.0. The number of methoxy groups -OCH3 is 1. The molecule has 0 radical (unpaired) electrons. The molecule has 0 aliphatic carbocycles. The highest BCUT2D eigenvalue weighted by atomic mass is 19.1. The number of likely N-dealkylation sites (tertiary alicyclic amines) is 1. The second-order valence-corrected chi connectivity index (χ2v) is 7.60. The molecule has 3 aromatic rings. The topological polar surface area (TPSA) is 77.7 Å². The van der Waals surface area contributed by atoms with E-state index < -0.39 is 11.6 Å². The molecule has 0 saturated carbocycles. The van der Waals surface area contributed by atoms with Gasteiger partial charge < -0.3 is 15.4 Å². The lowest BCUT2D eigenvalue weighted by Gasteiger charge is -2.15. The van der Waals surface area contributed by atoms with Crippen LogP contribution in [0, 0.1) is 18.2 Å². The molecule has 0 bridgehead atoms. The molecule has 2 heterocycles. The lowest BCUT2D eigenvalue weighted by atomic mass is 10.0. The number of benzene rings is 2. The van der Waals surface area contributed by atoms with Gasteiger partial charge in [-0.05, 0) is 30.2 Å². The standard InChI is InChI=1S/C23H21F2N5O2/c1-27-20-5-3-15(10-18(20)24)23-17(14-4-6-21(32-2)19(25)9-14)12-30(28-23)13-22(31)29-8-7-16(26)11-29/h3-6,9-10,12,16H,7-8,11,13,26H2,2H3/t16-/m0/s1. The van der Waals surface area contributed by atoms with Gasteiger partial charge in [0.25, 0.3) is 0 Å². The van der Waals surface area contributed by atoms with Crippen LogP contribution >= 0.6 is 0 Å². The van der Waals surface area contributed by atoms with Gasteiger partial charge in [-0.25, -0.2) is 13.6 Å². The zero-order valence-electron chi connectivity index (χ0n) is 17.4. The summed E-state index contributed by atoms with van der Waals surface area (Å²) in [7, 11) is 1.37. The second kappa shape index (κ2) is 8.77. The van der Waals surface area contributed by atoms with E-state index in [1.54, 1.807) is 23.2 Å². The summed E-state index contributed by atoms with van der Waals surface area (Å²) >= 11 is 0. The summed E-state index contributed by atoms with van der Waals surface area (Å²) in [5, 5.41) is 4.50. The summed E-state index contributed by atoms with van der Waals surface area (Å²) in [5.41, 5.74) is 7.59. The van der Waals surface area contributed by atoms with E-state index in [-0.39, 0.29) is 29.9 Å². The van der Waals surface area contributed by atoms with E-state index in [4.69, 9.17) is 17.0 Å². The monoisotopic (exact) mass is 437 g/mol. The lowest BCUT2D eigenvalue weighted by molar-refractivity contribution is -0.131. The molecule has 2 N–H and O–H groups in total. The molecular weight excluding hydrogens is 416 g/mol. The smallest absolute Gasteiger partial charge is 0.244 e. The maximum atomic E-state index is 14.4. The summed E-state index contributed by atoms with van der Waals surface area (Å²) in [6, 6.07) is 8.58. The number of nitrogens with two attached hydrogens (primary N) is 1. The quantitative estimate of drug-likeness (QED) is 0.619. The Labute approximate surface area is 183 Å². The average Bonchev–Trinajstić information content (AvgIpc) is 3.40. The minimum Gasteiger partial charge on any atom is -0.494 e. The molecule has 0 spiro atoms. The van der Waals surface area contributed by atoms with E-state index in [0.29, 0.717) is 35.5 Å². The van der Waals surface area contributed by atoms with Crippen LogP contribution in [-0.2, 0) is 11.3 Å². The van der Waals surface area contributed by atoms with E-state index >= 15 is 0 Å². The van der Waals surface area contributed by atoms with Crippen molar-refractivity contribution in [2.45, 2.75) is 19.0 Å². The number of rotatable bonds is 5. The minimum atomic E-state index is -0.680. The molecular formula is C23H21F2N5O2. The lowest BCUT2D eigenvalue weighted by Crippen LogP contribution is -2.34. The third-order valence-electron chi connectivity index (χ3n) is 5.44. The van der Waals surface area contributed by atoms with Crippen LogP contribution < -0.4 is 10.5 Å². The number of halogens is 2. The van der Waals surface area contributed by atoms with E-state index in [1.165, 1.54) is 36.1 Å². The summed E-state index contributed by atoms with van der Waals surface area (Å²) in [5.74, 6) is -1.27. The Bertz CT molecular complexity index is 1220. The van der Waals surface area contributed by atoms with E-state index in [2.05, 4.69) is 9.94 Å². The maximum absolute atomic E-state index is 14.4. The summed E-state index contributed by atoms with van der Waals surface area (Å²) in [6.45, 7) is 8.09. The van der Waals surface area contributed by atoms with Crippen molar-refractivity contribution >= 4 is 11.6 Å². The molecule has 1 aliphatic rings. The molecule has 164 valence electrons. The normalized spacial score (nSPS) is 15.6.